The van der Waals surface area contributed by atoms with Crippen LogP contribution in [0.1, 0.15) is 12.8 Å². The van der Waals surface area contributed by atoms with E-state index in [-0.39, 0.29) is 11.7 Å². The van der Waals surface area contributed by atoms with Crippen molar-refractivity contribution in [2.24, 2.45) is 0 Å². The number of aromatic nitrogens is 1. The molecule has 7 nitrogen and oxygen atoms in total. The molecule has 0 spiro atoms. The number of nitrogens with zero attached hydrogens (tertiary/aromatic N) is 2. The van der Waals surface area contributed by atoms with E-state index < -0.39 is 4.92 Å². The summed E-state index contributed by atoms with van der Waals surface area (Å²) < 4.78 is 10.8. The molecule has 2 heterocycles. The van der Waals surface area contributed by atoms with Gasteiger partial charge in [-0.05, 0) is 18.9 Å². The van der Waals surface area contributed by atoms with Gasteiger partial charge in [-0.15, -0.1) is 0 Å². The molecule has 0 radical (unpaired) electrons. The molecule has 1 saturated heterocycles. The highest BCUT2D eigenvalue weighted by atomic mass is 16.6. The summed E-state index contributed by atoms with van der Waals surface area (Å²) in [5.41, 5.74) is 1.03. The van der Waals surface area contributed by atoms with Crippen LogP contribution in [-0.4, -0.2) is 29.2 Å². The minimum atomic E-state index is -0.451. The first-order valence-corrected chi connectivity index (χ1v) is 6.11. The Kier molecular flexibility index (Phi) is 3.04. The molecule has 1 aromatic heterocycles. The Hall–Kier alpha value is -2.15. The van der Waals surface area contributed by atoms with Crippen molar-refractivity contribution in [2.45, 2.75) is 18.9 Å². The molecule has 1 fully saturated rings. The molecule has 100 valence electrons. The maximum atomic E-state index is 10.7. The van der Waals surface area contributed by atoms with Gasteiger partial charge in [-0.3, -0.25) is 10.1 Å². The maximum Gasteiger partial charge on any atom is 0.295 e. The molecule has 0 unspecified atom stereocenters. The number of benzene rings is 1. The van der Waals surface area contributed by atoms with Gasteiger partial charge in [0.1, 0.15) is 5.52 Å². The molecule has 1 N–H and O–H groups in total. The van der Waals surface area contributed by atoms with Crippen LogP contribution in [0.3, 0.4) is 0 Å². The second kappa shape index (κ2) is 4.85. The number of nitro benzene ring substituents is 1. The van der Waals surface area contributed by atoms with E-state index in [0.717, 1.165) is 26.1 Å². The lowest BCUT2D eigenvalue weighted by atomic mass is 10.1. The van der Waals surface area contributed by atoms with Crippen molar-refractivity contribution in [1.29, 1.82) is 0 Å². The molecular weight excluding hydrogens is 250 g/mol. The SMILES string of the molecule is O=[N+]([O-])c1ccc2nc(NC3CCOCC3)oc2c1. The Morgan fingerprint density at radius 3 is 2.89 bits per heavy atom. The van der Waals surface area contributed by atoms with Crippen LogP contribution in [0.2, 0.25) is 0 Å². The number of nitrogens with one attached hydrogen (secondary N) is 1. The number of rotatable bonds is 3. The topological polar surface area (TPSA) is 90.4 Å². The number of non-ortho nitro benzene ring substituents is 1. The van der Waals surface area contributed by atoms with Gasteiger partial charge in [-0.1, -0.05) is 0 Å². The lowest BCUT2D eigenvalue weighted by molar-refractivity contribution is -0.384. The number of hydrogen-bond acceptors (Lipinski definition) is 6. The third-order valence-electron chi connectivity index (χ3n) is 3.13. The third-order valence-corrected chi connectivity index (χ3v) is 3.13. The summed E-state index contributed by atoms with van der Waals surface area (Å²) in [5.74, 6) is 0. The van der Waals surface area contributed by atoms with Gasteiger partial charge in [0, 0.05) is 25.3 Å². The fourth-order valence-electron chi connectivity index (χ4n) is 2.11. The summed E-state index contributed by atoms with van der Waals surface area (Å²) in [6.45, 7) is 1.45. The van der Waals surface area contributed by atoms with Crippen molar-refractivity contribution in [3.8, 4) is 0 Å². The predicted octanol–water partition coefficient (Wildman–Crippen LogP) is 2.33. The third kappa shape index (κ3) is 2.50. The largest absolute Gasteiger partial charge is 0.423 e. The molecule has 0 atom stereocenters. The van der Waals surface area contributed by atoms with E-state index in [1.54, 1.807) is 6.07 Å². The van der Waals surface area contributed by atoms with Crippen LogP contribution < -0.4 is 5.32 Å². The zero-order valence-corrected chi connectivity index (χ0v) is 10.2. The summed E-state index contributed by atoms with van der Waals surface area (Å²) in [6, 6.07) is 5.08. The van der Waals surface area contributed by atoms with Crippen LogP contribution >= 0.6 is 0 Å². The van der Waals surface area contributed by atoms with Crippen molar-refractivity contribution in [3.05, 3.63) is 28.3 Å². The number of fused-ring (bicyclic) bond motifs is 1. The number of oxazole rings is 1. The van der Waals surface area contributed by atoms with Gasteiger partial charge >= 0.3 is 0 Å². The molecule has 0 amide bonds. The second-order valence-corrected chi connectivity index (χ2v) is 4.46. The molecule has 2 aromatic rings. The lowest BCUT2D eigenvalue weighted by Crippen LogP contribution is -2.27. The molecular formula is C12H13N3O4. The van der Waals surface area contributed by atoms with Gasteiger partial charge < -0.3 is 14.5 Å². The van der Waals surface area contributed by atoms with E-state index in [1.165, 1.54) is 12.1 Å². The summed E-state index contributed by atoms with van der Waals surface area (Å²) >= 11 is 0. The van der Waals surface area contributed by atoms with Crippen LogP contribution in [0.4, 0.5) is 11.7 Å². The van der Waals surface area contributed by atoms with Gasteiger partial charge in [0.2, 0.25) is 0 Å². The molecule has 0 bridgehead atoms. The summed E-state index contributed by atoms with van der Waals surface area (Å²) in [4.78, 5) is 14.5. The van der Waals surface area contributed by atoms with Gasteiger partial charge in [0.15, 0.2) is 5.58 Å². The fourth-order valence-corrected chi connectivity index (χ4v) is 2.11. The molecule has 1 aliphatic heterocycles. The quantitative estimate of drug-likeness (QED) is 0.675. The van der Waals surface area contributed by atoms with Crippen molar-refractivity contribution >= 4 is 22.8 Å². The average molecular weight is 263 g/mol. The molecule has 0 aliphatic carbocycles. The van der Waals surface area contributed by atoms with E-state index in [0.29, 0.717) is 17.1 Å². The van der Waals surface area contributed by atoms with E-state index >= 15 is 0 Å². The van der Waals surface area contributed by atoms with E-state index in [2.05, 4.69) is 10.3 Å². The minimum Gasteiger partial charge on any atom is -0.423 e. The molecule has 7 heteroatoms. The van der Waals surface area contributed by atoms with Gasteiger partial charge in [0.05, 0.1) is 11.0 Å². The molecule has 1 aliphatic rings. The fraction of sp³-hybridized carbons (Fsp3) is 0.417. The number of anilines is 1. The smallest absolute Gasteiger partial charge is 0.295 e. The second-order valence-electron chi connectivity index (χ2n) is 4.46. The molecule has 0 saturated carbocycles. The highest BCUT2D eigenvalue weighted by molar-refractivity contribution is 5.77. The molecule has 1 aromatic carbocycles. The zero-order chi connectivity index (χ0) is 13.2. The molecule has 3 rings (SSSR count). The highest BCUT2D eigenvalue weighted by Crippen LogP contribution is 2.24. The van der Waals surface area contributed by atoms with Crippen LogP contribution in [0.25, 0.3) is 11.1 Å². The Morgan fingerprint density at radius 2 is 2.16 bits per heavy atom. The Labute approximate surface area is 108 Å². The predicted molar refractivity (Wildman–Crippen MR) is 68.1 cm³/mol. The van der Waals surface area contributed by atoms with Crippen molar-refractivity contribution in [2.75, 3.05) is 18.5 Å². The Balaban J connectivity index is 1.82. The minimum absolute atomic E-state index is 0.00117. The normalized spacial score (nSPS) is 16.6. The van der Waals surface area contributed by atoms with Crippen LogP contribution in [0.15, 0.2) is 22.6 Å². The van der Waals surface area contributed by atoms with E-state index in [4.69, 9.17) is 9.15 Å². The number of nitro groups is 1. The van der Waals surface area contributed by atoms with Crippen LogP contribution in [0, 0.1) is 10.1 Å². The van der Waals surface area contributed by atoms with Gasteiger partial charge in [0.25, 0.3) is 11.7 Å². The highest BCUT2D eigenvalue weighted by Gasteiger charge is 2.17. The summed E-state index contributed by atoms with van der Waals surface area (Å²) in [6.07, 6.45) is 1.80. The van der Waals surface area contributed by atoms with Gasteiger partial charge in [-0.2, -0.15) is 4.98 Å². The summed E-state index contributed by atoms with van der Waals surface area (Å²) in [5, 5.41) is 13.9. The van der Waals surface area contributed by atoms with Crippen LogP contribution in [0.5, 0.6) is 0 Å². The first kappa shape index (κ1) is 11.9. The van der Waals surface area contributed by atoms with E-state index in [9.17, 15) is 10.1 Å². The Morgan fingerprint density at radius 1 is 1.37 bits per heavy atom. The van der Waals surface area contributed by atoms with E-state index in [1.807, 2.05) is 0 Å². The molecule has 19 heavy (non-hydrogen) atoms. The zero-order valence-electron chi connectivity index (χ0n) is 10.2. The number of hydrogen-bond donors (Lipinski definition) is 1. The first-order valence-electron chi connectivity index (χ1n) is 6.11. The number of ether oxygens (including phenoxy) is 1. The standard InChI is InChI=1S/C12H13N3O4/c16-15(17)9-1-2-10-11(7-9)19-12(14-10)13-8-3-5-18-6-4-8/h1-2,7-8H,3-6H2,(H,13,14). The average Bonchev–Trinajstić information content (AvgIpc) is 2.80. The van der Waals surface area contributed by atoms with Gasteiger partial charge in [-0.25, -0.2) is 0 Å². The van der Waals surface area contributed by atoms with Crippen molar-refractivity contribution in [1.82, 2.24) is 4.98 Å². The monoisotopic (exact) mass is 263 g/mol. The Bertz CT molecular complexity index is 604. The lowest BCUT2D eigenvalue weighted by Gasteiger charge is -2.21. The van der Waals surface area contributed by atoms with Crippen LogP contribution in [-0.2, 0) is 4.74 Å². The first-order chi connectivity index (χ1) is 9.22. The van der Waals surface area contributed by atoms with Crippen molar-refractivity contribution < 1.29 is 14.1 Å². The maximum absolute atomic E-state index is 10.7. The van der Waals surface area contributed by atoms with Crippen molar-refractivity contribution in [3.63, 3.8) is 0 Å². The summed E-state index contributed by atoms with van der Waals surface area (Å²) in [7, 11) is 0.